The number of halogens is 2. The quantitative estimate of drug-likeness (QED) is 0.670. The molecular weight excluding hydrogens is 332 g/mol. The van der Waals surface area contributed by atoms with E-state index in [1.165, 1.54) is 10.9 Å². The van der Waals surface area contributed by atoms with E-state index >= 15 is 0 Å². The minimum atomic E-state index is -0.918. The molecule has 0 aromatic carbocycles. The molecule has 7 heteroatoms. The van der Waals surface area contributed by atoms with Gasteiger partial charge in [0.05, 0.1) is 5.39 Å². The Morgan fingerprint density at radius 3 is 3.00 bits per heavy atom. The van der Waals surface area contributed by atoms with Crippen LogP contribution in [0.5, 0.6) is 0 Å². The first-order valence-corrected chi connectivity index (χ1v) is 5.42. The molecule has 2 aromatic rings. The van der Waals surface area contributed by atoms with E-state index in [-0.39, 0.29) is 6.54 Å². The van der Waals surface area contributed by atoms with Gasteiger partial charge in [-0.3, -0.25) is 4.79 Å². The minimum Gasteiger partial charge on any atom is -0.480 e. The predicted octanol–water partition coefficient (Wildman–Crippen LogP) is 1.77. The molecular formula is C8H5ClIN3O2. The Bertz CT molecular complexity index is 540. The molecule has 0 aliphatic heterocycles. The van der Waals surface area contributed by atoms with Crippen LogP contribution in [0.25, 0.3) is 11.0 Å². The van der Waals surface area contributed by atoms with E-state index in [1.807, 2.05) is 0 Å². The molecule has 1 N–H and O–H groups in total. The van der Waals surface area contributed by atoms with Gasteiger partial charge in [-0.05, 0) is 22.6 Å². The van der Waals surface area contributed by atoms with Crippen molar-refractivity contribution in [2.24, 2.45) is 0 Å². The van der Waals surface area contributed by atoms with Crippen molar-refractivity contribution in [1.82, 2.24) is 14.5 Å². The summed E-state index contributed by atoms with van der Waals surface area (Å²) < 4.78 is 2.38. The second-order valence-corrected chi connectivity index (χ2v) is 4.38. The van der Waals surface area contributed by atoms with Gasteiger partial charge in [-0.15, -0.1) is 0 Å². The average molecular weight is 338 g/mol. The third-order valence-corrected chi connectivity index (χ3v) is 2.97. The van der Waals surface area contributed by atoms with Crippen molar-refractivity contribution in [3.8, 4) is 0 Å². The van der Waals surface area contributed by atoms with Crippen molar-refractivity contribution >= 4 is 51.2 Å². The topological polar surface area (TPSA) is 68.0 Å². The average Bonchev–Trinajstić information content (AvgIpc) is 2.44. The first-order chi connectivity index (χ1) is 7.09. The molecule has 0 fully saturated rings. The molecule has 5 nitrogen and oxygen atoms in total. The number of rotatable bonds is 2. The van der Waals surface area contributed by atoms with Crippen LogP contribution in [0.1, 0.15) is 0 Å². The number of carboxylic acids is 1. The molecule has 0 saturated heterocycles. The molecule has 0 aliphatic rings. The maximum absolute atomic E-state index is 10.6. The Morgan fingerprint density at radius 2 is 2.33 bits per heavy atom. The summed E-state index contributed by atoms with van der Waals surface area (Å²) in [6.07, 6.45) is 3.01. The van der Waals surface area contributed by atoms with Gasteiger partial charge in [0.2, 0.25) is 0 Å². The summed E-state index contributed by atoms with van der Waals surface area (Å²) >= 11 is 7.97. The second-order valence-electron chi connectivity index (χ2n) is 2.86. The van der Waals surface area contributed by atoms with Crippen LogP contribution in [0.3, 0.4) is 0 Å². The molecule has 2 heterocycles. The highest BCUT2D eigenvalue weighted by Crippen LogP contribution is 2.26. The summed E-state index contributed by atoms with van der Waals surface area (Å²) in [5.41, 5.74) is 0.543. The van der Waals surface area contributed by atoms with E-state index in [9.17, 15) is 4.79 Å². The monoisotopic (exact) mass is 337 g/mol. The van der Waals surface area contributed by atoms with Crippen LogP contribution >= 0.6 is 34.2 Å². The Balaban J connectivity index is 2.68. The summed E-state index contributed by atoms with van der Waals surface area (Å²) in [7, 11) is 0. The van der Waals surface area contributed by atoms with E-state index in [4.69, 9.17) is 16.7 Å². The van der Waals surface area contributed by atoms with Gasteiger partial charge in [0.1, 0.15) is 23.7 Å². The predicted molar refractivity (Wildman–Crippen MR) is 62.9 cm³/mol. The van der Waals surface area contributed by atoms with Crippen LogP contribution in [0, 0.1) is 3.57 Å². The first kappa shape index (κ1) is 10.6. The van der Waals surface area contributed by atoms with Gasteiger partial charge in [-0.1, -0.05) is 11.6 Å². The van der Waals surface area contributed by atoms with E-state index < -0.39 is 5.97 Å². The molecule has 0 amide bonds. The fourth-order valence-electron chi connectivity index (χ4n) is 1.31. The summed E-state index contributed by atoms with van der Waals surface area (Å²) in [6, 6.07) is 0. The Labute approximate surface area is 103 Å². The molecule has 2 aromatic heterocycles. The van der Waals surface area contributed by atoms with Gasteiger partial charge in [0.15, 0.2) is 0 Å². The second kappa shape index (κ2) is 3.93. The Hall–Kier alpha value is -0.890. The number of fused-ring (bicyclic) bond motifs is 1. The third-order valence-electron chi connectivity index (χ3n) is 1.87. The lowest BCUT2D eigenvalue weighted by atomic mass is 10.4. The lowest BCUT2D eigenvalue weighted by Crippen LogP contribution is -2.07. The van der Waals surface area contributed by atoms with Gasteiger partial charge in [-0.25, -0.2) is 9.97 Å². The lowest BCUT2D eigenvalue weighted by Gasteiger charge is -1.99. The Morgan fingerprint density at radius 1 is 1.60 bits per heavy atom. The first-order valence-electron chi connectivity index (χ1n) is 3.96. The molecule has 2 rings (SSSR count). The zero-order chi connectivity index (χ0) is 11.0. The summed E-state index contributed by atoms with van der Waals surface area (Å²) in [5.74, 6) is -0.918. The van der Waals surface area contributed by atoms with Crippen LogP contribution in [-0.2, 0) is 11.3 Å². The number of carboxylic acid groups (broad SMARTS) is 1. The van der Waals surface area contributed by atoms with Crippen molar-refractivity contribution in [2.45, 2.75) is 6.54 Å². The highest BCUT2D eigenvalue weighted by atomic mass is 127. The smallest absolute Gasteiger partial charge is 0.323 e. The van der Waals surface area contributed by atoms with Gasteiger partial charge in [0, 0.05) is 9.77 Å². The van der Waals surface area contributed by atoms with Crippen LogP contribution in [0.15, 0.2) is 12.5 Å². The van der Waals surface area contributed by atoms with Gasteiger partial charge >= 0.3 is 5.97 Å². The van der Waals surface area contributed by atoms with Crippen LogP contribution < -0.4 is 0 Å². The lowest BCUT2D eigenvalue weighted by molar-refractivity contribution is -0.137. The largest absolute Gasteiger partial charge is 0.480 e. The number of hydrogen-bond acceptors (Lipinski definition) is 3. The fraction of sp³-hybridized carbons (Fsp3) is 0.125. The normalized spacial score (nSPS) is 10.8. The van der Waals surface area contributed by atoms with Gasteiger partial charge < -0.3 is 9.67 Å². The summed E-state index contributed by atoms with van der Waals surface area (Å²) in [6.45, 7) is -0.132. The molecule has 0 radical (unpaired) electrons. The van der Waals surface area contributed by atoms with Gasteiger partial charge in [-0.2, -0.15) is 0 Å². The number of nitrogens with zero attached hydrogens (tertiary/aromatic N) is 3. The fourth-order valence-corrected chi connectivity index (χ4v) is 2.53. The number of aliphatic carboxylic acids is 1. The number of hydrogen-bond donors (Lipinski definition) is 1. The third kappa shape index (κ3) is 1.91. The molecule has 78 valence electrons. The molecule has 0 atom stereocenters. The van der Waals surface area contributed by atoms with Crippen LogP contribution in [-0.4, -0.2) is 25.6 Å². The van der Waals surface area contributed by atoms with Crippen molar-refractivity contribution in [1.29, 1.82) is 0 Å². The van der Waals surface area contributed by atoms with E-state index in [0.29, 0.717) is 16.2 Å². The number of carbonyl (C=O) groups is 1. The van der Waals surface area contributed by atoms with Crippen molar-refractivity contribution in [2.75, 3.05) is 0 Å². The van der Waals surface area contributed by atoms with Crippen molar-refractivity contribution in [3.63, 3.8) is 0 Å². The molecule has 0 aliphatic carbocycles. The van der Waals surface area contributed by atoms with E-state index in [0.717, 1.165) is 3.57 Å². The zero-order valence-electron chi connectivity index (χ0n) is 7.31. The van der Waals surface area contributed by atoms with Gasteiger partial charge in [0.25, 0.3) is 0 Å². The SMILES string of the molecule is O=C(O)Cn1cc(I)c2c(Cl)ncnc21. The number of aromatic nitrogens is 3. The minimum absolute atomic E-state index is 0.132. The highest BCUT2D eigenvalue weighted by molar-refractivity contribution is 14.1. The molecule has 15 heavy (non-hydrogen) atoms. The summed E-state index contributed by atoms with van der Waals surface area (Å²) in [5, 5.41) is 9.74. The maximum Gasteiger partial charge on any atom is 0.323 e. The van der Waals surface area contributed by atoms with Crippen LogP contribution in [0.4, 0.5) is 0 Å². The van der Waals surface area contributed by atoms with Crippen molar-refractivity contribution in [3.05, 3.63) is 21.2 Å². The van der Waals surface area contributed by atoms with E-state index in [2.05, 4.69) is 32.6 Å². The summed E-state index contributed by atoms with van der Waals surface area (Å²) in [4.78, 5) is 18.5. The molecule has 0 unspecified atom stereocenters. The molecule has 0 bridgehead atoms. The Kier molecular flexibility index (Phi) is 2.79. The van der Waals surface area contributed by atoms with Crippen LogP contribution in [0.2, 0.25) is 5.15 Å². The van der Waals surface area contributed by atoms with E-state index in [1.54, 1.807) is 6.20 Å². The highest BCUT2D eigenvalue weighted by Gasteiger charge is 2.13. The zero-order valence-corrected chi connectivity index (χ0v) is 10.2. The molecule has 0 saturated carbocycles. The van der Waals surface area contributed by atoms with Crippen molar-refractivity contribution < 1.29 is 9.90 Å². The molecule has 0 spiro atoms. The maximum atomic E-state index is 10.6. The standard InChI is InChI=1S/C8H5ClIN3O2/c9-7-6-4(10)1-13(2-5(14)15)8(6)12-3-11-7/h1,3H,2H2,(H,14,15).